The number of fused-ring (bicyclic) bond motifs is 13. The van der Waals surface area contributed by atoms with Crippen LogP contribution in [-0.2, 0) is 0 Å². The second-order valence-corrected chi connectivity index (χ2v) is 14.3. The van der Waals surface area contributed by atoms with E-state index in [1.54, 1.807) is 0 Å². The summed E-state index contributed by atoms with van der Waals surface area (Å²) in [5, 5.41) is 30.3. The minimum Gasteiger partial charge on any atom is -0.455 e. The topological polar surface area (TPSA) is 75.5 Å². The Kier molecular flexibility index (Phi) is 6.10. The second-order valence-electron chi connectivity index (χ2n) is 14.3. The van der Waals surface area contributed by atoms with Gasteiger partial charge in [0.2, 0.25) is 0 Å². The maximum Gasteiger partial charge on any atom is 0.145 e. The first-order valence-electron chi connectivity index (χ1n) is 18.6. The highest BCUT2D eigenvalue weighted by molar-refractivity contribution is 6.24. The highest BCUT2D eigenvalue weighted by Gasteiger charge is 2.24. The smallest absolute Gasteiger partial charge is 0.145 e. The van der Waals surface area contributed by atoms with E-state index in [1.807, 2.05) is 54.6 Å². The predicted molar refractivity (Wildman–Crippen MR) is 226 cm³/mol. The number of furan rings is 1. The molecule has 0 aliphatic rings. The minimum absolute atomic E-state index is 0.454. The third-order valence-electron chi connectivity index (χ3n) is 11.5. The lowest BCUT2D eigenvalue weighted by atomic mass is 10.1. The first-order chi connectivity index (χ1) is 27.7. The van der Waals surface area contributed by atoms with Crippen LogP contribution >= 0.6 is 0 Å². The number of hydrogen-bond donors (Lipinski definition) is 0. The Morgan fingerprint density at radius 3 is 1.38 bits per heavy atom. The van der Waals surface area contributed by atoms with Gasteiger partial charge in [-0.15, -0.1) is 0 Å². The number of aromatic nitrogens is 3. The van der Waals surface area contributed by atoms with Crippen LogP contribution in [-0.4, -0.2) is 13.7 Å². The van der Waals surface area contributed by atoms with E-state index in [2.05, 4.69) is 135 Å². The fourth-order valence-electron chi connectivity index (χ4n) is 9.18. The Labute approximate surface area is 319 Å². The van der Waals surface area contributed by atoms with Gasteiger partial charge in [-0.05, 0) is 72.8 Å². The fraction of sp³-hybridized carbons (Fsp3) is 0. The van der Waals surface area contributed by atoms with E-state index in [1.165, 1.54) is 10.8 Å². The molecule has 0 fully saturated rings. The van der Waals surface area contributed by atoms with Crippen molar-refractivity contribution >= 4 is 87.4 Å². The average molecular weight is 714 g/mol. The lowest BCUT2D eigenvalue weighted by molar-refractivity contribution is 0.673. The monoisotopic (exact) mass is 713 g/mol. The number of rotatable bonds is 3. The Hall–Kier alpha value is -8.06. The van der Waals surface area contributed by atoms with Crippen LogP contribution in [0, 0.1) is 22.7 Å². The zero-order valence-corrected chi connectivity index (χ0v) is 29.7. The van der Waals surface area contributed by atoms with Crippen LogP contribution in [0.4, 0.5) is 0 Å². The molecule has 56 heavy (non-hydrogen) atoms. The van der Waals surface area contributed by atoms with Crippen LogP contribution in [0.5, 0.6) is 0 Å². The Bertz CT molecular complexity index is 3640. The van der Waals surface area contributed by atoms with Crippen LogP contribution in [0.15, 0.2) is 168 Å². The Morgan fingerprint density at radius 1 is 0.375 bits per heavy atom. The molecule has 0 aliphatic heterocycles. The molecule has 0 N–H and O–H groups in total. The summed E-state index contributed by atoms with van der Waals surface area (Å²) in [5.41, 5.74) is 10.8. The zero-order chi connectivity index (χ0) is 37.1. The molecule has 8 aromatic carbocycles. The quantitative estimate of drug-likeness (QED) is 0.183. The van der Waals surface area contributed by atoms with Gasteiger partial charge in [0.05, 0.1) is 61.0 Å². The van der Waals surface area contributed by atoms with Crippen molar-refractivity contribution in [1.82, 2.24) is 13.7 Å². The van der Waals surface area contributed by atoms with Gasteiger partial charge >= 0.3 is 0 Å². The normalized spacial score (nSPS) is 11.9. The summed E-state index contributed by atoms with van der Waals surface area (Å²) >= 11 is 0. The summed E-state index contributed by atoms with van der Waals surface area (Å²) in [4.78, 5) is 0. The second kappa shape index (κ2) is 11.2. The van der Waals surface area contributed by atoms with E-state index in [-0.39, 0.29) is 0 Å². The largest absolute Gasteiger partial charge is 0.455 e. The van der Waals surface area contributed by atoms with Crippen molar-refractivity contribution in [3.63, 3.8) is 0 Å². The van der Waals surface area contributed by atoms with Crippen LogP contribution in [0.1, 0.15) is 11.1 Å². The number of benzene rings is 8. The molecule has 4 aromatic heterocycles. The molecule has 6 heteroatoms. The Balaban J connectivity index is 1.19. The van der Waals surface area contributed by atoms with Crippen molar-refractivity contribution in [3.05, 3.63) is 175 Å². The molecule has 0 radical (unpaired) electrons. The summed E-state index contributed by atoms with van der Waals surface area (Å²) in [6.07, 6.45) is 0. The molecular weight excluding hydrogens is 687 g/mol. The third kappa shape index (κ3) is 3.97. The standard InChI is InChI=1S/C50H27N5O/c51-28-30-26-47(31(29-52)25-46(30)54-42-18-8-3-13-35(42)36-14-4-9-19-43(36)54)55-44-23-21-32(53-40-16-6-1-11-33(40)34-12-2-7-17-41(34)53)27-39(44)49-45(55)24-22-38-37-15-5-10-20-48(37)56-50(38)49/h1-27H. The molecule has 12 rings (SSSR count). The summed E-state index contributed by atoms with van der Waals surface area (Å²) in [6.45, 7) is 0. The molecule has 0 atom stereocenters. The molecular formula is C50H27N5O. The maximum absolute atomic E-state index is 10.9. The van der Waals surface area contributed by atoms with Gasteiger partial charge in [-0.2, -0.15) is 10.5 Å². The van der Waals surface area contributed by atoms with Crippen molar-refractivity contribution in [2.75, 3.05) is 0 Å². The van der Waals surface area contributed by atoms with Gasteiger partial charge < -0.3 is 18.1 Å². The SMILES string of the molecule is N#Cc1cc(-n2c3ccc(-n4c5ccccc5c5ccccc54)cc3c3c4oc5ccccc5c4ccc32)c(C#N)cc1-n1c2ccccc2c2ccccc21. The summed E-state index contributed by atoms with van der Waals surface area (Å²) < 4.78 is 13.3. The molecule has 0 saturated carbocycles. The first-order valence-corrected chi connectivity index (χ1v) is 18.6. The van der Waals surface area contributed by atoms with Crippen molar-refractivity contribution < 1.29 is 4.42 Å². The van der Waals surface area contributed by atoms with Crippen molar-refractivity contribution in [1.29, 1.82) is 10.5 Å². The van der Waals surface area contributed by atoms with Crippen LogP contribution < -0.4 is 0 Å². The van der Waals surface area contributed by atoms with E-state index >= 15 is 0 Å². The van der Waals surface area contributed by atoms with Crippen LogP contribution in [0.2, 0.25) is 0 Å². The molecule has 0 amide bonds. The lowest BCUT2D eigenvalue weighted by Crippen LogP contribution is -2.04. The molecule has 0 aliphatic carbocycles. The van der Waals surface area contributed by atoms with E-state index in [4.69, 9.17) is 4.42 Å². The lowest BCUT2D eigenvalue weighted by Gasteiger charge is -2.15. The maximum atomic E-state index is 10.9. The van der Waals surface area contributed by atoms with E-state index in [0.29, 0.717) is 22.5 Å². The van der Waals surface area contributed by atoms with Gasteiger partial charge in [-0.3, -0.25) is 0 Å². The van der Waals surface area contributed by atoms with Gasteiger partial charge in [0.1, 0.15) is 23.3 Å². The highest BCUT2D eigenvalue weighted by atomic mass is 16.3. The zero-order valence-electron chi connectivity index (χ0n) is 29.7. The van der Waals surface area contributed by atoms with Crippen LogP contribution in [0.25, 0.3) is 104 Å². The molecule has 6 nitrogen and oxygen atoms in total. The van der Waals surface area contributed by atoms with Gasteiger partial charge in [0.15, 0.2) is 0 Å². The fourth-order valence-corrected chi connectivity index (χ4v) is 9.18. The molecule has 0 bridgehead atoms. The number of hydrogen-bond acceptors (Lipinski definition) is 3. The Morgan fingerprint density at radius 2 is 0.821 bits per heavy atom. The summed E-state index contributed by atoms with van der Waals surface area (Å²) in [5.74, 6) is 0. The van der Waals surface area contributed by atoms with Crippen LogP contribution in [0.3, 0.4) is 0 Å². The minimum atomic E-state index is 0.454. The van der Waals surface area contributed by atoms with Crippen molar-refractivity contribution in [2.45, 2.75) is 0 Å². The van der Waals surface area contributed by atoms with Crippen molar-refractivity contribution in [2.24, 2.45) is 0 Å². The number of nitrogens with zero attached hydrogens (tertiary/aromatic N) is 5. The average Bonchev–Trinajstić information content (AvgIpc) is 3.99. The molecule has 258 valence electrons. The van der Waals surface area contributed by atoms with Gasteiger partial charge in [-0.1, -0.05) is 91.0 Å². The van der Waals surface area contributed by atoms with Gasteiger partial charge in [0.25, 0.3) is 0 Å². The summed E-state index contributed by atoms with van der Waals surface area (Å²) in [7, 11) is 0. The van der Waals surface area contributed by atoms with E-state index in [9.17, 15) is 10.5 Å². The van der Waals surface area contributed by atoms with Crippen molar-refractivity contribution in [3.8, 4) is 29.2 Å². The highest BCUT2D eigenvalue weighted by Crippen LogP contribution is 2.43. The van der Waals surface area contributed by atoms with E-state index < -0.39 is 0 Å². The number of para-hydroxylation sites is 5. The van der Waals surface area contributed by atoms with Gasteiger partial charge in [0, 0.05) is 43.4 Å². The van der Waals surface area contributed by atoms with E-state index in [0.717, 1.165) is 82.3 Å². The molecule has 0 unspecified atom stereocenters. The number of nitriles is 2. The van der Waals surface area contributed by atoms with Gasteiger partial charge in [-0.25, -0.2) is 0 Å². The molecule has 0 saturated heterocycles. The summed E-state index contributed by atoms with van der Waals surface area (Å²) in [6, 6.07) is 61.1. The predicted octanol–water partition coefficient (Wildman–Crippen LogP) is 12.6. The molecule has 12 aromatic rings. The first kappa shape index (κ1) is 30.4. The molecule has 4 heterocycles. The molecule has 0 spiro atoms. The third-order valence-corrected chi connectivity index (χ3v) is 11.5.